The highest BCUT2D eigenvalue weighted by molar-refractivity contribution is 5.95. The molecule has 4 atom stereocenters. The van der Waals surface area contributed by atoms with E-state index < -0.39 is 60.3 Å². The van der Waals surface area contributed by atoms with Crippen LogP contribution in [0.1, 0.15) is 41.0 Å². The maximum absolute atomic E-state index is 14.0. The van der Waals surface area contributed by atoms with Gasteiger partial charge in [-0.3, -0.25) is 9.59 Å². The lowest BCUT2D eigenvalue weighted by molar-refractivity contribution is -0.215. The third kappa shape index (κ3) is 5.26. The number of hydrogen-bond acceptors (Lipinski definition) is 4. The molecular weight excluding hydrogens is 379 g/mol. The van der Waals surface area contributed by atoms with E-state index in [1.807, 2.05) is 0 Å². The number of carboxylic acid groups (broad SMARTS) is 1. The first-order valence-corrected chi connectivity index (χ1v) is 9.13. The fourth-order valence-electron chi connectivity index (χ4n) is 3.62. The van der Waals surface area contributed by atoms with Gasteiger partial charge in [-0.05, 0) is 25.2 Å². The Kier molecular flexibility index (Phi) is 7.67. The Morgan fingerprint density at radius 3 is 2.18 bits per heavy atom. The molecule has 0 bridgehead atoms. The molecule has 0 aromatic carbocycles. The van der Waals surface area contributed by atoms with Gasteiger partial charge in [0.15, 0.2) is 0 Å². The Balaban J connectivity index is 3.47. The second kappa shape index (κ2) is 8.96. The van der Waals surface area contributed by atoms with E-state index in [4.69, 9.17) is 4.74 Å². The number of imide groups is 1. The van der Waals surface area contributed by atoms with Crippen LogP contribution >= 0.6 is 0 Å². The van der Waals surface area contributed by atoms with Crippen molar-refractivity contribution in [1.82, 2.24) is 4.90 Å². The summed E-state index contributed by atoms with van der Waals surface area (Å²) in [7, 11) is 0. The molecule has 0 aromatic heterocycles. The van der Waals surface area contributed by atoms with E-state index in [2.05, 4.69) is 6.58 Å². The van der Waals surface area contributed by atoms with E-state index in [0.717, 1.165) is 4.90 Å². The van der Waals surface area contributed by atoms with Crippen molar-refractivity contribution < 1.29 is 37.4 Å². The molecule has 0 unspecified atom stereocenters. The van der Waals surface area contributed by atoms with E-state index in [-0.39, 0.29) is 18.1 Å². The molecule has 28 heavy (non-hydrogen) atoms. The van der Waals surface area contributed by atoms with Crippen molar-refractivity contribution in [2.45, 2.75) is 53.3 Å². The van der Waals surface area contributed by atoms with Crippen LogP contribution in [0.25, 0.3) is 0 Å². The molecule has 1 aliphatic heterocycles. The van der Waals surface area contributed by atoms with E-state index in [9.17, 15) is 32.7 Å². The monoisotopic (exact) mass is 407 g/mol. The predicted molar refractivity (Wildman–Crippen MR) is 95.2 cm³/mol. The molecule has 0 aliphatic carbocycles. The quantitative estimate of drug-likeness (QED) is 0.612. The highest BCUT2D eigenvalue weighted by Gasteiger charge is 2.56. The van der Waals surface area contributed by atoms with Gasteiger partial charge in [0.05, 0.1) is 23.8 Å². The number of carbonyl (C=O) groups excluding carboxylic acids is 2. The van der Waals surface area contributed by atoms with E-state index >= 15 is 0 Å². The predicted octanol–water partition coefficient (Wildman–Crippen LogP) is 4.11. The fourth-order valence-corrected chi connectivity index (χ4v) is 3.62. The summed E-state index contributed by atoms with van der Waals surface area (Å²) < 4.78 is 46.9. The summed E-state index contributed by atoms with van der Waals surface area (Å²) in [5.74, 6) is -9.88. The summed E-state index contributed by atoms with van der Waals surface area (Å²) in [6.45, 7) is 11.1. The highest BCUT2D eigenvalue weighted by atomic mass is 19.4. The second-order valence-corrected chi connectivity index (χ2v) is 8.04. The van der Waals surface area contributed by atoms with Crippen LogP contribution in [-0.4, -0.2) is 46.8 Å². The standard InChI is InChI=1S/C19H28F3NO5/c1-9(2)7-12(17(25)26)15(19(20,21)22)14(11(5)6)16(24)23-13(10(3)4)8-28-18(23)27/h10-15H,1,7-8H2,2-6H3,(H,25,26)/t12-,13-,14-,15-/m1/s1. The zero-order valence-corrected chi connectivity index (χ0v) is 16.7. The lowest BCUT2D eigenvalue weighted by Gasteiger charge is -2.37. The van der Waals surface area contributed by atoms with Gasteiger partial charge in [0.1, 0.15) is 6.61 Å². The molecule has 0 spiro atoms. The molecular formula is C19H28F3NO5. The number of ether oxygens (including phenoxy) is 1. The number of amides is 2. The lowest BCUT2D eigenvalue weighted by atomic mass is 9.72. The summed E-state index contributed by atoms with van der Waals surface area (Å²) in [4.78, 5) is 37.6. The van der Waals surface area contributed by atoms with E-state index in [1.54, 1.807) is 13.8 Å². The number of carbonyl (C=O) groups is 3. The Hall–Kier alpha value is -2.06. The first-order chi connectivity index (χ1) is 12.7. The van der Waals surface area contributed by atoms with Gasteiger partial charge >= 0.3 is 18.2 Å². The summed E-state index contributed by atoms with van der Waals surface area (Å²) in [5, 5.41) is 9.47. The second-order valence-electron chi connectivity index (χ2n) is 8.04. The molecule has 6 nitrogen and oxygen atoms in total. The number of nitrogens with zero attached hydrogens (tertiary/aromatic N) is 1. The Bertz CT molecular complexity index is 630. The molecule has 0 aromatic rings. The van der Waals surface area contributed by atoms with Crippen molar-refractivity contribution >= 4 is 18.0 Å². The number of hydrogen-bond donors (Lipinski definition) is 1. The summed E-state index contributed by atoms with van der Waals surface area (Å²) in [6.07, 6.45) is -6.38. The molecule has 0 saturated carbocycles. The fraction of sp³-hybridized carbons (Fsp3) is 0.737. The average Bonchev–Trinajstić information content (AvgIpc) is 2.90. The zero-order chi connectivity index (χ0) is 22.0. The van der Waals surface area contributed by atoms with Gasteiger partial charge in [-0.1, -0.05) is 33.3 Å². The lowest BCUT2D eigenvalue weighted by Crippen LogP contribution is -2.52. The van der Waals surface area contributed by atoms with E-state index in [1.165, 1.54) is 20.8 Å². The first kappa shape index (κ1) is 24.0. The Morgan fingerprint density at radius 1 is 1.29 bits per heavy atom. The van der Waals surface area contributed by atoms with Gasteiger partial charge < -0.3 is 9.84 Å². The number of aliphatic carboxylic acids is 1. The largest absolute Gasteiger partial charge is 0.481 e. The minimum Gasteiger partial charge on any atom is -0.481 e. The highest BCUT2D eigenvalue weighted by Crippen LogP contribution is 2.44. The molecule has 160 valence electrons. The maximum atomic E-state index is 14.0. The average molecular weight is 407 g/mol. The maximum Gasteiger partial charge on any atom is 0.416 e. The third-order valence-electron chi connectivity index (χ3n) is 5.00. The number of cyclic esters (lactones) is 1. The van der Waals surface area contributed by atoms with Crippen LogP contribution in [0.5, 0.6) is 0 Å². The van der Waals surface area contributed by atoms with Crippen molar-refractivity contribution in [3.8, 4) is 0 Å². The SMILES string of the molecule is C=C(C)C[C@@H](C(=O)O)[C@H]([C@H](C(=O)N1C(=O)OC[C@@H]1C(C)C)C(C)C)C(F)(F)F. The zero-order valence-electron chi connectivity index (χ0n) is 16.7. The van der Waals surface area contributed by atoms with Crippen LogP contribution in [0.2, 0.25) is 0 Å². The molecule has 1 fully saturated rings. The van der Waals surface area contributed by atoms with Gasteiger partial charge in [0.25, 0.3) is 0 Å². The van der Waals surface area contributed by atoms with Crippen LogP contribution in [0.4, 0.5) is 18.0 Å². The Labute approximate surface area is 162 Å². The molecule has 1 saturated heterocycles. The van der Waals surface area contributed by atoms with Crippen molar-refractivity contribution in [3.63, 3.8) is 0 Å². The molecule has 9 heteroatoms. The normalized spacial score (nSPS) is 20.9. The van der Waals surface area contributed by atoms with Crippen molar-refractivity contribution in [1.29, 1.82) is 0 Å². The van der Waals surface area contributed by atoms with Crippen LogP contribution < -0.4 is 0 Å². The smallest absolute Gasteiger partial charge is 0.416 e. The molecule has 1 rings (SSSR count). The molecule has 1 aliphatic rings. The van der Waals surface area contributed by atoms with Crippen molar-refractivity contribution in [2.24, 2.45) is 29.6 Å². The van der Waals surface area contributed by atoms with Gasteiger partial charge in [0, 0.05) is 0 Å². The van der Waals surface area contributed by atoms with Crippen LogP contribution in [-0.2, 0) is 14.3 Å². The van der Waals surface area contributed by atoms with Gasteiger partial charge in [-0.15, -0.1) is 6.58 Å². The number of alkyl halides is 3. The third-order valence-corrected chi connectivity index (χ3v) is 5.00. The summed E-state index contributed by atoms with van der Waals surface area (Å²) in [5.41, 5.74) is 0.261. The molecule has 1 N–H and O–H groups in total. The minimum atomic E-state index is -4.96. The number of allylic oxidation sites excluding steroid dienone is 1. The number of carboxylic acids is 1. The Morgan fingerprint density at radius 2 is 1.82 bits per heavy atom. The van der Waals surface area contributed by atoms with Crippen LogP contribution in [0.3, 0.4) is 0 Å². The summed E-state index contributed by atoms with van der Waals surface area (Å²) in [6, 6.07) is -0.695. The van der Waals surface area contributed by atoms with Gasteiger partial charge in [-0.2, -0.15) is 13.2 Å². The number of rotatable bonds is 8. The molecule has 2 amide bonds. The van der Waals surface area contributed by atoms with Gasteiger partial charge in [0.2, 0.25) is 5.91 Å². The topological polar surface area (TPSA) is 83.9 Å². The minimum absolute atomic E-state index is 0.0993. The van der Waals surface area contributed by atoms with Crippen molar-refractivity contribution in [2.75, 3.05) is 6.61 Å². The van der Waals surface area contributed by atoms with Gasteiger partial charge in [-0.25, -0.2) is 9.69 Å². The summed E-state index contributed by atoms with van der Waals surface area (Å²) >= 11 is 0. The van der Waals surface area contributed by atoms with Crippen molar-refractivity contribution in [3.05, 3.63) is 12.2 Å². The first-order valence-electron chi connectivity index (χ1n) is 9.13. The van der Waals surface area contributed by atoms with Crippen LogP contribution in [0.15, 0.2) is 12.2 Å². The molecule has 1 heterocycles. The van der Waals surface area contributed by atoms with E-state index in [0.29, 0.717) is 0 Å². The number of halogens is 3. The van der Waals surface area contributed by atoms with Crippen LogP contribution in [0, 0.1) is 29.6 Å². The molecule has 0 radical (unpaired) electrons.